The molecule has 0 radical (unpaired) electrons. The van der Waals surface area contributed by atoms with Gasteiger partial charge in [-0.25, -0.2) is 0 Å². The molecule has 0 heterocycles. The van der Waals surface area contributed by atoms with Crippen molar-refractivity contribution in [2.24, 2.45) is 5.10 Å². The lowest BCUT2D eigenvalue weighted by Gasteiger charge is -2.14. The van der Waals surface area contributed by atoms with Gasteiger partial charge < -0.3 is 14.8 Å². The maximum atomic E-state index is 12.7. The highest BCUT2D eigenvalue weighted by molar-refractivity contribution is 7.80. The molecule has 2 rings (SSSR count). The Hall–Kier alpha value is -2.88. The van der Waals surface area contributed by atoms with E-state index in [4.69, 9.17) is 12.2 Å². The summed E-state index contributed by atoms with van der Waals surface area (Å²) in [4.78, 5) is 0. The highest BCUT2D eigenvalue weighted by Crippen LogP contribution is 2.28. The quantitative estimate of drug-likeness (QED) is 0.274. The molecule has 0 aromatic heterocycles. The van der Waals surface area contributed by atoms with E-state index in [9.17, 15) is 17.6 Å². The Bertz CT molecular complexity index is 907. The van der Waals surface area contributed by atoms with Crippen molar-refractivity contribution in [3.8, 4) is 11.5 Å². The zero-order valence-corrected chi connectivity index (χ0v) is 16.6. The number of hydrazone groups is 1. The fourth-order valence-electron chi connectivity index (χ4n) is 2.39. The standard InChI is InChI=1S/C19H19F4N3O2S/c1-10-4-5-11(2)15(8-10)24-19(29)26-25-12(3)14-7-6-13(27-17(20)21)9-16(14)28-18(22)23/h4-9,17-18H,1-3H3,(H2,24,26,29)/b25-12+. The van der Waals surface area contributed by atoms with Crippen molar-refractivity contribution < 1.29 is 27.0 Å². The number of halogens is 4. The van der Waals surface area contributed by atoms with Crippen molar-refractivity contribution in [3.05, 3.63) is 53.1 Å². The van der Waals surface area contributed by atoms with Crippen molar-refractivity contribution in [3.63, 3.8) is 0 Å². The molecular formula is C19H19F4N3O2S. The summed E-state index contributed by atoms with van der Waals surface area (Å²) in [6, 6.07) is 9.25. The number of anilines is 1. The van der Waals surface area contributed by atoms with E-state index >= 15 is 0 Å². The largest absolute Gasteiger partial charge is 0.435 e. The second-order valence-corrected chi connectivity index (χ2v) is 6.40. The van der Waals surface area contributed by atoms with Crippen LogP contribution in [0.4, 0.5) is 23.2 Å². The minimum Gasteiger partial charge on any atom is -0.435 e. The van der Waals surface area contributed by atoms with Gasteiger partial charge in [-0.1, -0.05) is 12.1 Å². The second-order valence-electron chi connectivity index (χ2n) is 6.00. The molecule has 0 saturated carbocycles. The summed E-state index contributed by atoms with van der Waals surface area (Å²) in [6.07, 6.45) is 0. The number of nitrogens with zero attached hydrogens (tertiary/aromatic N) is 1. The number of alkyl halides is 4. The van der Waals surface area contributed by atoms with E-state index in [1.54, 1.807) is 0 Å². The van der Waals surface area contributed by atoms with Gasteiger partial charge in [-0.05, 0) is 62.3 Å². The van der Waals surface area contributed by atoms with Gasteiger partial charge in [0.1, 0.15) is 11.5 Å². The van der Waals surface area contributed by atoms with Crippen molar-refractivity contribution in [1.82, 2.24) is 5.43 Å². The molecule has 10 heteroatoms. The van der Waals surface area contributed by atoms with Crippen LogP contribution >= 0.6 is 12.2 Å². The van der Waals surface area contributed by atoms with E-state index in [0.29, 0.717) is 0 Å². The van der Waals surface area contributed by atoms with Crippen molar-refractivity contribution >= 4 is 28.7 Å². The van der Waals surface area contributed by atoms with Crippen LogP contribution in [0, 0.1) is 13.8 Å². The smallest absolute Gasteiger partial charge is 0.387 e. The predicted molar refractivity (Wildman–Crippen MR) is 107 cm³/mol. The number of nitrogens with one attached hydrogen (secondary N) is 2. The van der Waals surface area contributed by atoms with Gasteiger partial charge in [-0.3, -0.25) is 5.43 Å². The lowest BCUT2D eigenvalue weighted by Crippen LogP contribution is -2.25. The number of ether oxygens (including phenoxy) is 2. The number of aryl methyl sites for hydroxylation is 2. The molecule has 0 unspecified atom stereocenters. The van der Waals surface area contributed by atoms with Gasteiger partial charge in [-0.2, -0.15) is 22.7 Å². The summed E-state index contributed by atoms with van der Waals surface area (Å²) in [5, 5.41) is 7.23. The van der Waals surface area contributed by atoms with Crippen LogP contribution in [0.1, 0.15) is 23.6 Å². The van der Waals surface area contributed by atoms with Crippen molar-refractivity contribution in [2.45, 2.75) is 34.0 Å². The lowest BCUT2D eigenvalue weighted by atomic mass is 10.1. The number of thiocarbonyl (C=S) groups is 1. The zero-order valence-electron chi connectivity index (χ0n) is 15.8. The number of hydrogen-bond donors (Lipinski definition) is 2. The van der Waals surface area contributed by atoms with Gasteiger partial charge in [0.15, 0.2) is 5.11 Å². The molecular weight excluding hydrogens is 410 g/mol. The van der Waals surface area contributed by atoms with E-state index in [2.05, 4.69) is 25.3 Å². The van der Waals surface area contributed by atoms with E-state index in [-0.39, 0.29) is 27.9 Å². The molecule has 0 aliphatic carbocycles. The first-order valence-corrected chi connectivity index (χ1v) is 8.79. The zero-order chi connectivity index (χ0) is 21.6. The fraction of sp³-hybridized carbons (Fsp3) is 0.263. The molecule has 0 saturated heterocycles. The first-order valence-electron chi connectivity index (χ1n) is 8.38. The Balaban J connectivity index is 2.16. The van der Waals surface area contributed by atoms with Crippen LogP contribution in [0.25, 0.3) is 0 Å². The van der Waals surface area contributed by atoms with Crippen LogP contribution in [-0.2, 0) is 0 Å². The highest BCUT2D eigenvalue weighted by Gasteiger charge is 2.15. The van der Waals surface area contributed by atoms with Crippen LogP contribution in [0.2, 0.25) is 0 Å². The lowest BCUT2D eigenvalue weighted by molar-refractivity contribution is -0.0543. The maximum absolute atomic E-state index is 12.7. The van der Waals surface area contributed by atoms with Crippen LogP contribution in [0.3, 0.4) is 0 Å². The van der Waals surface area contributed by atoms with E-state index in [1.807, 2.05) is 32.0 Å². The SMILES string of the molecule is C/C(=N\NC(=S)Nc1cc(C)ccc1C)c1ccc(OC(F)F)cc1OC(F)F. The molecule has 2 N–H and O–H groups in total. The molecule has 0 atom stereocenters. The number of hydrogen-bond acceptors (Lipinski definition) is 4. The van der Waals surface area contributed by atoms with Crippen LogP contribution < -0.4 is 20.2 Å². The molecule has 5 nitrogen and oxygen atoms in total. The first-order chi connectivity index (χ1) is 13.7. The fourth-order valence-corrected chi connectivity index (χ4v) is 2.54. The summed E-state index contributed by atoms with van der Waals surface area (Å²) >= 11 is 5.19. The van der Waals surface area contributed by atoms with E-state index in [0.717, 1.165) is 22.9 Å². The topological polar surface area (TPSA) is 54.9 Å². The van der Waals surface area contributed by atoms with Gasteiger partial charge in [0.05, 0.1) is 5.71 Å². The van der Waals surface area contributed by atoms with Crippen molar-refractivity contribution in [2.75, 3.05) is 5.32 Å². The maximum Gasteiger partial charge on any atom is 0.387 e. The minimum absolute atomic E-state index is 0.161. The molecule has 0 bridgehead atoms. The predicted octanol–water partition coefficient (Wildman–Crippen LogP) is 5.22. The minimum atomic E-state index is -3.15. The molecule has 2 aromatic carbocycles. The third-order valence-corrected chi connectivity index (χ3v) is 3.94. The molecule has 0 aliphatic heterocycles. The summed E-state index contributed by atoms with van der Waals surface area (Å²) in [6.45, 7) is -0.867. The highest BCUT2D eigenvalue weighted by atomic mass is 32.1. The molecule has 0 amide bonds. The van der Waals surface area contributed by atoms with Crippen molar-refractivity contribution in [1.29, 1.82) is 0 Å². The van der Waals surface area contributed by atoms with Gasteiger partial charge >= 0.3 is 13.2 Å². The van der Waals surface area contributed by atoms with Crippen LogP contribution in [-0.4, -0.2) is 24.0 Å². The van der Waals surface area contributed by atoms with Crippen LogP contribution in [0.15, 0.2) is 41.5 Å². The summed E-state index contributed by atoms with van der Waals surface area (Å²) in [5.74, 6) is -0.665. The number of rotatable bonds is 7. The van der Waals surface area contributed by atoms with E-state index in [1.165, 1.54) is 19.1 Å². The molecule has 2 aromatic rings. The second kappa shape index (κ2) is 10.1. The van der Waals surface area contributed by atoms with E-state index < -0.39 is 13.2 Å². The Kier molecular flexibility index (Phi) is 7.77. The summed E-state index contributed by atoms with van der Waals surface area (Å²) < 4.78 is 58.7. The Morgan fingerprint density at radius 1 is 1.00 bits per heavy atom. The summed E-state index contributed by atoms with van der Waals surface area (Å²) in [7, 11) is 0. The molecule has 0 spiro atoms. The third-order valence-electron chi connectivity index (χ3n) is 3.75. The first kappa shape index (κ1) is 22.4. The van der Waals surface area contributed by atoms with Gasteiger partial charge in [0.25, 0.3) is 0 Å². The normalized spacial score (nSPS) is 11.6. The van der Waals surface area contributed by atoms with Gasteiger partial charge in [0.2, 0.25) is 0 Å². The Labute approximate surface area is 170 Å². The number of benzene rings is 2. The Morgan fingerprint density at radius 3 is 2.34 bits per heavy atom. The third kappa shape index (κ3) is 6.90. The molecule has 0 aliphatic rings. The Morgan fingerprint density at radius 2 is 1.69 bits per heavy atom. The average Bonchev–Trinajstić information content (AvgIpc) is 2.62. The summed E-state index contributed by atoms with van der Waals surface area (Å²) in [5.41, 5.74) is 5.84. The van der Waals surface area contributed by atoms with Gasteiger partial charge in [0, 0.05) is 17.3 Å². The van der Waals surface area contributed by atoms with Crippen LogP contribution in [0.5, 0.6) is 11.5 Å². The molecule has 0 fully saturated rings. The molecule has 156 valence electrons. The average molecular weight is 429 g/mol. The van der Waals surface area contributed by atoms with Gasteiger partial charge in [-0.15, -0.1) is 0 Å². The molecule has 29 heavy (non-hydrogen) atoms. The monoisotopic (exact) mass is 429 g/mol.